The van der Waals surface area contributed by atoms with Crippen molar-refractivity contribution < 1.29 is 22.7 Å². The van der Waals surface area contributed by atoms with E-state index in [1.54, 1.807) is 24.3 Å². The number of anilines is 1. The van der Waals surface area contributed by atoms with Gasteiger partial charge in [0.1, 0.15) is 11.5 Å². The molecule has 162 valence electrons. The van der Waals surface area contributed by atoms with Gasteiger partial charge in [0, 0.05) is 23.6 Å². The van der Waals surface area contributed by atoms with Crippen LogP contribution in [0.5, 0.6) is 11.5 Å². The zero-order chi connectivity index (χ0) is 21.7. The summed E-state index contributed by atoms with van der Waals surface area (Å²) in [5.74, 6) is 0.655. The first kappa shape index (κ1) is 22.6. The minimum absolute atomic E-state index is 0.103. The lowest BCUT2D eigenvalue weighted by atomic mass is 10.2. The average Bonchev–Trinajstić information content (AvgIpc) is 3.26. The molecule has 30 heavy (non-hydrogen) atoms. The Morgan fingerprint density at radius 3 is 2.43 bits per heavy atom. The van der Waals surface area contributed by atoms with E-state index in [1.807, 2.05) is 13.8 Å². The Morgan fingerprint density at radius 1 is 1.07 bits per heavy atom. The normalized spacial score (nSPS) is 14.5. The number of rotatable bonds is 8. The second kappa shape index (κ2) is 9.80. The highest BCUT2D eigenvalue weighted by atomic mass is 79.9. The summed E-state index contributed by atoms with van der Waals surface area (Å²) in [4.78, 5) is 13.1. The highest BCUT2D eigenvalue weighted by Gasteiger charge is 2.28. The van der Waals surface area contributed by atoms with Gasteiger partial charge in [-0.15, -0.1) is 0 Å². The van der Waals surface area contributed by atoms with Crippen molar-refractivity contribution in [3.8, 4) is 11.5 Å². The third-order valence-electron chi connectivity index (χ3n) is 4.70. The average molecular weight is 497 g/mol. The highest BCUT2D eigenvalue weighted by Crippen LogP contribution is 2.31. The number of hydrogen-bond acceptors (Lipinski definition) is 5. The van der Waals surface area contributed by atoms with Crippen molar-refractivity contribution in [3.05, 3.63) is 46.4 Å². The molecule has 0 unspecified atom stereocenters. The van der Waals surface area contributed by atoms with Crippen LogP contribution in [0.2, 0.25) is 0 Å². The second-order valence-corrected chi connectivity index (χ2v) is 9.52. The van der Waals surface area contributed by atoms with Gasteiger partial charge in [-0.25, -0.2) is 8.42 Å². The number of hydrogen-bond donors (Lipinski definition) is 1. The van der Waals surface area contributed by atoms with Gasteiger partial charge in [0.15, 0.2) is 0 Å². The van der Waals surface area contributed by atoms with Gasteiger partial charge in [0.2, 0.25) is 10.0 Å². The predicted octanol–water partition coefficient (Wildman–Crippen LogP) is 4.28. The van der Waals surface area contributed by atoms with Crippen LogP contribution >= 0.6 is 15.9 Å². The lowest BCUT2D eigenvalue weighted by molar-refractivity contribution is 0.102. The van der Waals surface area contributed by atoms with Crippen LogP contribution in [0.3, 0.4) is 0 Å². The lowest BCUT2D eigenvalue weighted by Gasteiger charge is -2.17. The van der Waals surface area contributed by atoms with Gasteiger partial charge in [0.25, 0.3) is 5.91 Å². The first-order valence-corrected chi connectivity index (χ1v) is 12.1. The van der Waals surface area contributed by atoms with Crippen molar-refractivity contribution in [3.63, 3.8) is 0 Å². The summed E-state index contributed by atoms with van der Waals surface area (Å²) in [6.07, 6.45) is 1.69. The first-order valence-electron chi connectivity index (χ1n) is 9.87. The van der Waals surface area contributed by atoms with Crippen LogP contribution in [0.25, 0.3) is 0 Å². The molecule has 0 aromatic heterocycles. The molecule has 0 aliphatic carbocycles. The van der Waals surface area contributed by atoms with Crippen LogP contribution in [0.4, 0.5) is 5.69 Å². The molecule has 0 bridgehead atoms. The number of benzene rings is 2. The molecule has 1 aliphatic rings. The number of halogens is 1. The minimum atomic E-state index is -3.63. The van der Waals surface area contributed by atoms with Crippen LogP contribution in [0.15, 0.2) is 45.8 Å². The van der Waals surface area contributed by atoms with E-state index in [0.29, 0.717) is 48.0 Å². The molecule has 1 fully saturated rings. The summed E-state index contributed by atoms with van der Waals surface area (Å²) < 4.78 is 38.8. The number of sulfonamides is 1. The van der Waals surface area contributed by atoms with E-state index >= 15 is 0 Å². The van der Waals surface area contributed by atoms with Crippen molar-refractivity contribution in [2.75, 3.05) is 31.6 Å². The zero-order valence-electron chi connectivity index (χ0n) is 17.0. The van der Waals surface area contributed by atoms with Crippen molar-refractivity contribution in [2.45, 2.75) is 31.6 Å². The van der Waals surface area contributed by atoms with Crippen molar-refractivity contribution >= 4 is 37.5 Å². The van der Waals surface area contributed by atoms with E-state index in [9.17, 15) is 13.2 Å². The predicted molar refractivity (Wildman–Crippen MR) is 119 cm³/mol. The molecule has 1 heterocycles. The topological polar surface area (TPSA) is 84.9 Å². The Bertz CT molecular complexity index is 1020. The van der Waals surface area contributed by atoms with E-state index in [-0.39, 0.29) is 10.5 Å². The third kappa shape index (κ3) is 4.96. The van der Waals surface area contributed by atoms with Crippen LogP contribution in [0.1, 0.15) is 37.0 Å². The van der Waals surface area contributed by atoms with Gasteiger partial charge in [-0.05, 0) is 73.0 Å². The summed E-state index contributed by atoms with van der Waals surface area (Å²) in [7, 11) is -3.63. The number of ether oxygens (including phenoxy) is 2. The van der Waals surface area contributed by atoms with Gasteiger partial charge < -0.3 is 14.8 Å². The van der Waals surface area contributed by atoms with Crippen molar-refractivity contribution in [1.29, 1.82) is 0 Å². The Morgan fingerprint density at radius 2 is 1.77 bits per heavy atom. The van der Waals surface area contributed by atoms with Crippen molar-refractivity contribution in [1.82, 2.24) is 4.31 Å². The molecule has 1 amide bonds. The fourth-order valence-electron chi connectivity index (χ4n) is 3.25. The molecule has 1 aliphatic heterocycles. The van der Waals surface area contributed by atoms with E-state index in [0.717, 1.165) is 12.8 Å². The number of nitrogens with zero attached hydrogens (tertiary/aromatic N) is 1. The van der Waals surface area contributed by atoms with Gasteiger partial charge in [0.05, 0.1) is 29.4 Å². The Balaban J connectivity index is 1.91. The van der Waals surface area contributed by atoms with E-state index in [2.05, 4.69) is 21.2 Å². The van der Waals surface area contributed by atoms with E-state index in [4.69, 9.17) is 9.47 Å². The SMILES string of the molecule is CCOc1ccc(OCC)c(NC(=O)c2cc(S(=O)(=O)N3CCCC3)ccc2Br)c1. The van der Waals surface area contributed by atoms with Crippen LogP contribution in [0, 0.1) is 0 Å². The van der Waals surface area contributed by atoms with Crippen LogP contribution in [-0.2, 0) is 10.0 Å². The van der Waals surface area contributed by atoms with E-state index in [1.165, 1.54) is 16.4 Å². The Kier molecular flexibility index (Phi) is 7.38. The van der Waals surface area contributed by atoms with Gasteiger partial charge in [-0.3, -0.25) is 4.79 Å². The van der Waals surface area contributed by atoms with Gasteiger partial charge >= 0.3 is 0 Å². The molecule has 9 heteroatoms. The third-order valence-corrected chi connectivity index (χ3v) is 7.28. The molecular weight excluding hydrogens is 472 g/mol. The molecule has 0 saturated carbocycles. The van der Waals surface area contributed by atoms with Crippen LogP contribution in [-0.4, -0.2) is 44.9 Å². The molecule has 2 aromatic carbocycles. The van der Waals surface area contributed by atoms with Gasteiger partial charge in [-0.1, -0.05) is 0 Å². The van der Waals surface area contributed by atoms with Gasteiger partial charge in [-0.2, -0.15) is 4.31 Å². The molecule has 7 nitrogen and oxygen atoms in total. The monoisotopic (exact) mass is 496 g/mol. The number of amides is 1. The summed E-state index contributed by atoms with van der Waals surface area (Å²) in [5.41, 5.74) is 0.673. The minimum Gasteiger partial charge on any atom is -0.494 e. The smallest absolute Gasteiger partial charge is 0.256 e. The summed E-state index contributed by atoms with van der Waals surface area (Å²) in [6, 6.07) is 9.68. The molecule has 3 rings (SSSR count). The van der Waals surface area contributed by atoms with Crippen LogP contribution < -0.4 is 14.8 Å². The molecule has 2 aromatic rings. The molecule has 0 radical (unpaired) electrons. The summed E-state index contributed by atoms with van der Waals surface area (Å²) >= 11 is 3.36. The first-order chi connectivity index (χ1) is 14.4. The number of carbonyl (C=O) groups is 1. The molecular formula is C21H25BrN2O5S. The lowest BCUT2D eigenvalue weighted by Crippen LogP contribution is -2.28. The number of carbonyl (C=O) groups excluding carboxylic acids is 1. The molecule has 1 saturated heterocycles. The largest absolute Gasteiger partial charge is 0.494 e. The van der Waals surface area contributed by atoms with Crippen molar-refractivity contribution in [2.24, 2.45) is 0 Å². The Hall–Kier alpha value is -2.10. The summed E-state index contributed by atoms with van der Waals surface area (Å²) in [5, 5.41) is 2.82. The molecule has 0 spiro atoms. The maximum Gasteiger partial charge on any atom is 0.256 e. The molecule has 0 atom stereocenters. The maximum absolute atomic E-state index is 13.0. The molecule has 1 N–H and O–H groups in total. The fourth-order valence-corrected chi connectivity index (χ4v) is 5.22. The second-order valence-electron chi connectivity index (χ2n) is 6.73. The maximum atomic E-state index is 13.0. The standard InChI is InChI=1S/C21H25BrN2O5S/c1-3-28-15-7-10-20(29-4-2)19(13-15)23-21(25)17-14-16(8-9-18(17)22)30(26,27)24-11-5-6-12-24/h7-10,13-14H,3-6,11-12H2,1-2H3,(H,23,25). The highest BCUT2D eigenvalue weighted by molar-refractivity contribution is 9.10. The van der Waals surface area contributed by atoms with E-state index < -0.39 is 15.9 Å². The fraction of sp³-hybridized carbons (Fsp3) is 0.381. The quantitative estimate of drug-likeness (QED) is 0.589. The number of nitrogens with one attached hydrogen (secondary N) is 1. The Labute approximate surface area is 185 Å². The zero-order valence-corrected chi connectivity index (χ0v) is 19.4. The summed E-state index contributed by atoms with van der Waals surface area (Å²) in [6.45, 7) is 5.65.